The summed E-state index contributed by atoms with van der Waals surface area (Å²) in [4.78, 5) is 25.1. The number of nitrogens with one attached hydrogen (secondary N) is 1. The lowest BCUT2D eigenvalue weighted by Gasteiger charge is -2.14. The quantitative estimate of drug-likeness (QED) is 0.488. The van der Waals surface area contributed by atoms with Crippen molar-refractivity contribution in [3.63, 3.8) is 0 Å². The predicted octanol–water partition coefficient (Wildman–Crippen LogP) is 4.04. The molecule has 1 aliphatic rings. The Labute approximate surface area is 180 Å². The summed E-state index contributed by atoms with van der Waals surface area (Å²) in [5.41, 5.74) is 6.13. The second-order valence-corrected chi connectivity index (χ2v) is 7.16. The number of nitrogens with zero attached hydrogens (tertiary/aromatic N) is 1. The maximum absolute atomic E-state index is 12.7. The van der Waals surface area contributed by atoms with Gasteiger partial charge in [-0.2, -0.15) is 0 Å². The number of para-hydroxylation sites is 1. The van der Waals surface area contributed by atoms with Crippen LogP contribution in [0.15, 0.2) is 78.4 Å². The van der Waals surface area contributed by atoms with Crippen molar-refractivity contribution in [2.45, 2.75) is 13.5 Å². The van der Waals surface area contributed by atoms with Crippen LogP contribution in [-0.2, 0) is 16.2 Å². The highest BCUT2D eigenvalue weighted by Gasteiger charge is 2.34. The molecular weight excluding hydrogens is 392 g/mol. The largest absolute Gasteiger partial charge is 0.493 e. The van der Waals surface area contributed by atoms with Crippen LogP contribution in [-0.4, -0.2) is 18.9 Å². The van der Waals surface area contributed by atoms with Crippen LogP contribution in [0.25, 0.3) is 6.08 Å². The van der Waals surface area contributed by atoms with Crippen molar-refractivity contribution < 1.29 is 19.1 Å². The summed E-state index contributed by atoms with van der Waals surface area (Å²) in [5, 5.41) is 1.24. The Hall–Kier alpha value is -4.06. The van der Waals surface area contributed by atoms with Gasteiger partial charge in [-0.3, -0.25) is 15.0 Å². The molecule has 0 radical (unpaired) electrons. The summed E-state index contributed by atoms with van der Waals surface area (Å²) in [6.07, 6.45) is 1.55. The molecule has 0 saturated carbocycles. The van der Waals surface area contributed by atoms with E-state index >= 15 is 0 Å². The molecule has 1 fully saturated rings. The van der Waals surface area contributed by atoms with Gasteiger partial charge in [-0.25, -0.2) is 5.01 Å². The minimum Gasteiger partial charge on any atom is -0.493 e. The third kappa shape index (κ3) is 4.43. The van der Waals surface area contributed by atoms with Crippen molar-refractivity contribution in [3.8, 4) is 11.5 Å². The third-order valence-corrected chi connectivity index (χ3v) is 4.88. The van der Waals surface area contributed by atoms with E-state index in [-0.39, 0.29) is 5.57 Å². The zero-order chi connectivity index (χ0) is 21.8. The molecule has 0 aliphatic carbocycles. The smallest absolute Gasteiger partial charge is 0.282 e. The zero-order valence-electron chi connectivity index (χ0n) is 17.3. The number of carbonyl (C=O) groups excluding carboxylic acids is 2. The number of anilines is 1. The number of methoxy groups -OCH3 is 1. The summed E-state index contributed by atoms with van der Waals surface area (Å²) in [5.74, 6) is 0.245. The molecule has 1 N–H and O–H groups in total. The zero-order valence-corrected chi connectivity index (χ0v) is 17.3. The molecule has 1 saturated heterocycles. The van der Waals surface area contributed by atoms with E-state index < -0.39 is 11.8 Å². The van der Waals surface area contributed by atoms with E-state index in [9.17, 15) is 9.59 Å². The standard InChI is InChI=1S/C25H22N2O4/c1-17-7-6-8-19(13-17)16-31-22-12-11-18(15-23(22)30-2)14-21-24(28)26-27(25(21)29)20-9-4-3-5-10-20/h3-15H,16H2,1-2H3,(H,26,28)/b21-14+. The Morgan fingerprint density at radius 2 is 1.74 bits per heavy atom. The number of hydrogen-bond donors (Lipinski definition) is 1. The summed E-state index contributed by atoms with van der Waals surface area (Å²) in [6, 6.07) is 22.3. The number of aryl methyl sites for hydroxylation is 1. The second kappa shape index (κ2) is 8.75. The van der Waals surface area contributed by atoms with Crippen molar-refractivity contribution in [3.05, 3.63) is 95.1 Å². The molecule has 3 aromatic rings. The Bertz CT molecular complexity index is 1160. The van der Waals surface area contributed by atoms with Gasteiger partial charge < -0.3 is 9.47 Å². The van der Waals surface area contributed by atoms with E-state index in [1.165, 1.54) is 10.6 Å². The summed E-state index contributed by atoms with van der Waals surface area (Å²) in [7, 11) is 1.55. The first-order chi connectivity index (χ1) is 15.0. The van der Waals surface area contributed by atoms with Crippen molar-refractivity contribution in [2.75, 3.05) is 12.1 Å². The Morgan fingerprint density at radius 3 is 2.48 bits per heavy atom. The van der Waals surface area contributed by atoms with Gasteiger partial charge in [0.25, 0.3) is 11.8 Å². The molecular formula is C25H22N2O4. The number of ether oxygens (including phenoxy) is 2. The van der Waals surface area contributed by atoms with E-state index in [0.717, 1.165) is 5.56 Å². The molecule has 1 aliphatic heterocycles. The van der Waals surface area contributed by atoms with E-state index in [0.29, 0.717) is 29.4 Å². The Morgan fingerprint density at radius 1 is 0.935 bits per heavy atom. The van der Waals surface area contributed by atoms with Crippen molar-refractivity contribution >= 4 is 23.6 Å². The van der Waals surface area contributed by atoms with Crippen LogP contribution >= 0.6 is 0 Å². The highest BCUT2D eigenvalue weighted by atomic mass is 16.5. The van der Waals surface area contributed by atoms with Gasteiger partial charge in [0.1, 0.15) is 12.2 Å². The van der Waals surface area contributed by atoms with Gasteiger partial charge in [-0.05, 0) is 48.4 Å². The Balaban J connectivity index is 1.54. The van der Waals surface area contributed by atoms with Crippen LogP contribution in [0.3, 0.4) is 0 Å². The van der Waals surface area contributed by atoms with E-state index in [4.69, 9.17) is 9.47 Å². The van der Waals surface area contributed by atoms with Crippen LogP contribution in [0.2, 0.25) is 0 Å². The van der Waals surface area contributed by atoms with Crippen LogP contribution in [0, 0.1) is 6.92 Å². The molecule has 4 rings (SSSR count). The summed E-state index contributed by atoms with van der Waals surface area (Å²) >= 11 is 0. The lowest BCUT2D eigenvalue weighted by atomic mass is 10.1. The number of amides is 2. The summed E-state index contributed by atoms with van der Waals surface area (Å²) in [6.45, 7) is 2.44. The van der Waals surface area contributed by atoms with Gasteiger partial charge in [-0.15, -0.1) is 0 Å². The maximum Gasteiger partial charge on any atom is 0.282 e. The molecule has 6 heteroatoms. The molecule has 31 heavy (non-hydrogen) atoms. The van der Waals surface area contributed by atoms with Crippen molar-refractivity contribution in [1.82, 2.24) is 5.43 Å². The molecule has 0 unspecified atom stereocenters. The topological polar surface area (TPSA) is 67.9 Å². The van der Waals surface area contributed by atoms with Crippen molar-refractivity contribution in [2.24, 2.45) is 0 Å². The van der Waals surface area contributed by atoms with E-state index in [2.05, 4.69) is 11.5 Å². The normalized spacial score (nSPS) is 14.6. The minimum absolute atomic E-state index is 0.0549. The number of carbonyl (C=O) groups is 2. The van der Waals surface area contributed by atoms with Gasteiger partial charge in [0, 0.05) is 0 Å². The molecule has 2 amide bonds. The number of benzene rings is 3. The predicted molar refractivity (Wildman–Crippen MR) is 119 cm³/mol. The minimum atomic E-state index is -0.451. The Kier molecular flexibility index (Phi) is 5.71. The van der Waals surface area contributed by atoms with E-state index in [1.807, 2.05) is 31.2 Å². The van der Waals surface area contributed by atoms with Gasteiger partial charge >= 0.3 is 0 Å². The fraction of sp³-hybridized carbons (Fsp3) is 0.120. The highest BCUT2D eigenvalue weighted by Crippen LogP contribution is 2.30. The SMILES string of the molecule is COc1cc(/C=C2\C(=O)NN(c3ccccc3)C2=O)ccc1OCc1cccc(C)c1. The van der Waals surface area contributed by atoms with Gasteiger partial charge in [0.05, 0.1) is 12.8 Å². The van der Waals surface area contributed by atoms with Gasteiger partial charge in [-0.1, -0.05) is 54.1 Å². The van der Waals surface area contributed by atoms with Gasteiger partial charge in [0.15, 0.2) is 11.5 Å². The third-order valence-electron chi connectivity index (χ3n) is 4.88. The highest BCUT2D eigenvalue weighted by molar-refractivity contribution is 6.31. The second-order valence-electron chi connectivity index (χ2n) is 7.16. The molecule has 0 spiro atoms. The number of rotatable bonds is 6. The van der Waals surface area contributed by atoms with Crippen LogP contribution < -0.4 is 19.9 Å². The molecule has 156 valence electrons. The average Bonchev–Trinajstić information content (AvgIpc) is 3.07. The first kappa shape index (κ1) is 20.2. The van der Waals surface area contributed by atoms with Crippen LogP contribution in [0.1, 0.15) is 16.7 Å². The number of hydrazine groups is 1. The lowest BCUT2D eigenvalue weighted by Crippen LogP contribution is -2.35. The summed E-state index contributed by atoms with van der Waals surface area (Å²) < 4.78 is 11.4. The van der Waals surface area contributed by atoms with Gasteiger partial charge in [0.2, 0.25) is 0 Å². The van der Waals surface area contributed by atoms with Crippen molar-refractivity contribution in [1.29, 1.82) is 0 Å². The van der Waals surface area contributed by atoms with E-state index in [1.54, 1.807) is 55.7 Å². The lowest BCUT2D eigenvalue weighted by molar-refractivity contribution is -0.117. The molecule has 6 nitrogen and oxygen atoms in total. The molecule has 0 aromatic heterocycles. The monoisotopic (exact) mass is 414 g/mol. The fourth-order valence-electron chi connectivity index (χ4n) is 3.34. The maximum atomic E-state index is 12.7. The average molecular weight is 414 g/mol. The first-order valence-electron chi connectivity index (χ1n) is 9.84. The van der Waals surface area contributed by atoms with Crippen LogP contribution in [0.4, 0.5) is 5.69 Å². The first-order valence-corrected chi connectivity index (χ1v) is 9.84. The molecule has 0 bridgehead atoms. The molecule has 1 heterocycles. The fourth-order valence-corrected chi connectivity index (χ4v) is 3.34. The van der Waals surface area contributed by atoms with Crippen LogP contribution in [0.5, 0.6) is 11.5 Å². The number of hydrogen-bond acceptors (Lipinski definition) is 4. The molecule has 3 aromatic carbocycles. The molecule has 0 atom stereocenters.